The van der Waals surface area contributed by atoms with Crippen LogP contribution in [0.4, 0.5) is 10.2 Å². The smallest absolute Gasteiger partial charge is 0.129 e. The van der Waals surface area contributed by atoms with E-state index in [2.05, 4.69) is 11.9 Å². The monoisotopic (exact) mass is 332 g/mol. The Morgan fingerprint density at radius 2 is 2.17 bits per heavy atom. The van der Waals surface area contributed by atoms with Crippen LogP contribution in [-0.4, -0.2) is 41.0 Å². The van der Waals surface area contributed by atoms with Gasteiger partial charge in [-0.15, -0.1) is 0 Å². The number of hydrogen-bond acceptors (Lipinski definition) is 4. The van der Waals surface area contributed by atoms with Crippen LogP contribution in [0.3, 0.4) is 0 Å². The predicted octanol–water partition coefficient (Wildman–Crippen LogP) is 3.03. The SMILES string of the molecule is CCC[C@]1(CO)CCN(c2cc(C)c3ccc(F)cc3n2)C[C@H]1O. The zero-order valence-electron chi connectivity index (χ0n) is 14.3. The van der Waals surface area contributed by atoms with Crippen LogP contribution in [0.5, 0.6) is 0 Å². The summed E-state index contributed by atoms with van der Waals surface area (Å²) in [6.45, 7) is 5.23. The molecule has 0 unspecified atom stereocenters. The minimum absolute atomic E-state index is 0.00519. The molecule has 0 spiro atoms. The van der Waals surface area contributed by atoms with Gasteiger partial charge in [0.05, 0.1) is 18.2 Å². The molecule has 130 valence electrons. The summed E-state index contributed by atoms with van der Waals surface area (Å²) in [5.74, 6) is 0.458. The first-order valence-corrected chi connectivity index (χ1v) is 8.60. The third kappa shape index (κ3) is 2.98. The first kappa shape index (κ1) is 17.1. The largest absolute Gasteiger partial charge is 0.396 e. The number of aromatic nitrogens is 1. The van der Waals surface area contributed by atoms with E-state index in [1.165, 1.54) is 12.1 Å². The molecule has 3 rings (SSSR count). The maximum Gasteiger partial charge on any atom is 0.129 e. The van der Waals surface area contributed by atoms with Gasteiger partial charge < -0.3 is 15.1 Å². The van der Waals surface area contributed by atoms with Crippen LogP contribution < -0.4 is 4.90 Å². The number of aliphatic hydroxyl groups excluding tert-OH is 2. The van der Waals surface area contributed by atoms with Crippen molar-refractivity contribution in [2.45, 2.75) is 39.2 Å². The Labute approximate surface area is 141 Å². The van der Waals surface area contributed by atoms with E-state index in [0.717, 1.165) is 42.6 Å². The number of aryl methyl sites for hydroxylation is 1. The number of anilines is 1. The van der Waals surface area contributed by atoms with Crippen LogP contribution in [-0.2, 0) is 0 Å². The van der Waals surface area contributed by atoms with Crippen molar-refractivity contribution in [1.82, 2.24) is 4.98 Å². The second-order valence-corrected chi connectivity index (χ2v) is 6.94. The van der Waals surface area contributed by atoms with E-state index in [-0.39, 0.29) is 12.4 Å². The molecule has 2 atom stereocenters. The Balaban J connectivity index is 1.89. The highest BCUT2D eigenvalue weighted by molar-refractivity contribution is 5.84. The number of pyridine rings is 1. The summed E-state index contributed by atoms with van der Waals surface area (Å²) >= 11 is 0. The van der Waals surface area contributed by atoms with Crippen molar-refractivity contribution in [3.8, 4) is 0 Å². The number of β-amino-alcohol motifs (C(OH)–C–C–N with tert-alkyl or cyclic N) is 1. The van der Waals surface area contributed by atoms with Crippen LogP contribution in [0, 0.1) is 18.2 Å². The van der Waals surface area contributed by atoms with E-state index >= 15 is 0 Å². The molecule has 1 aromatic carbocycles. The van der Waals surface area contributed by atoms with Crippen molar-refractivity contribution >= 4 is 16.7 Å². The summed E-state index contributed by atoms with van der Waals surface area (Å²) in [6.07, 6.45) is 1.87. The van der Waals surface area contributed by atoms with E-state index in [1.54, 1.807) is 6.07 Å². The highest BCUT2D eigenvalue weighted by atomic mass is 19.1. The minimum atomic E-state index is -0.596. The van der Waals surface area contributed by atoms with E-state index in [1.807, 2.05) is 17.9 Å². The Kier molecular flexibility index (Phi) is 4.74. The second kappa shape index (κ2) is 6.65. The fraction of sp³-hybridized carbons (Fsp3) is 0.526. The molecule has 0 aliphatic carbocycles. The highest BCUT2D eigenvalue weighted by Crippen LogP contribution is 2.37. The molecule has 1 aliphatic heterocycles. The summed E-state index contributed by atoms with van der Waals surface area (Å²) in [7, 11) is 0. The van der Waals surface area contributed by atoms with Gasteiger partial charge in [-0.3, -0.25) is 0 Å². The van der Waals surface area contributed by atoms with E-state index in [9.17, 15) is 14.6 Å². The van der Waals surface area contributed by atoms with Crippen LogP contribution >= 0.6 is 0 Å². The molecule has 0 bridgehead atoms. The van der Waals surface area contributed by atoms with Gasteiger partial charge in [0.1, 0.15) is 11.6 Å². The van der Waals surface area contributed by atoms with Gasteiger partial charge in [0, 0.05) is 30.0 Å². The van der Waals surface area contributed by atoms with Gasteiger partial charge in [0.2, 0.25) is 0 Å². The number of halogens is 1. The lowest BCUT2D eigenvalue weighted by Crippen LogP contribution is -2.53. The van der Waals surface area contributed by atoms with Crippen LogP contribution in [0.15, 0.2) is 24.3 Å². The molecule has 4 nitrogen and oxygen atoms in total. The highest BCUT2D eigenvalue weighted by Gasteiger charge is 2.41. The lowest BCUT2D eigenvalue weighted by Gasteiger charge is -2.45. The van der Waals surface area contributed by atoms with Gasteiger partial charge >= 0.3 is 0 Å². The van der Waals surface area contributed by atoms with Crippen molar-refractivity contribution in [3.05, 3.63) is 35.6 Å². The number of fused-ring (bicyclic) bond motifs is 1. The summed E-state index contributed by atoms with van der Waals surface area (Å²) < 4.78 is 13.5. The van der Waals surface area contributed by atoms with Crippen molar-refractivity contribution in [2.75, 3.05) is 24.6 Å². The zero-order chi connectivity index (χ0) is 17.3. The van der Waals surface area contributed by atoms with Gasteiger partial charge in [0.15, 0.2) is 0 Å². The molecular weight excluding hydrogens is 307 g/mol. The van der Waals surface area contributed by atoms with Gasteiger partial charge in [-0.1, -0.05) is 13.3 Å². The van der Waals surface area contributed by atoms with Crippen LogP contribution in [0.1, 0.15) is 31.7 Å². The molecule has 1 aliphatic rings. The fourth-order valence-electron chi connectivity index (χ4n) is 3.80. The molecule has 2 N–H and O–H groups in total. The van der Waals surface area contributed by atoms with E-state index < -0.39 is 11.5 Å². The minimum Gasteiger partial charge on any atom is -0.396 e. The van der Waals surface area contributed by atoms with Gasteiger partial charge in [-0.05, 0) is 43.5 Å². The van der Waals surface area contributed by atoms with Crippen LogP contribution in [0.25, 0.3) is 10.9 Å². The summed E-state index contributed by atoms with van der Waals surface area (Å²) in [6, 6.07) is 6.63. The van der Waals surface area contributed by atoms with Crippen molar-refractivity contribution in [2.24, 2.45) is 5.41 Å². The van der Waals surface area contributed by atoms with Crippen molar-refractivity contribution < 1.29 is 14.6 Å². The van der Waals surface area contributed by atoms with E-state index in [0.29, 0.717) is 12.1 Å². The van der Waals surface area contributed by atoms with E-state index in [4.69, 9.17) is 0 Å². The normalized spacial score (nSPS) is 24.5. The molecule has 1 aromatic heterocycles. The van der Waals surface area contributed by atoms with Crippen molar-refractivity contribution in [1.29, 1.82) is 0 Å². The number of hydrogen-bond donors (Lipinski definition) is 2. The standard InChI is InChI=1S/C19H25FN2O2/c1-3-6-19(12-23)7-8-22(11-17(19)24)18-9-13(2)15-5-4-14(20)10-16(15)21-18/h4-5,9-10,17,23-24H,3,6-8,11-12H2,1-2H3/t17-,19-/m1/s1. The third-order valence-electron chi connectivity index (χ3n) is 5.33. The maximum atomic E-state index is 13.5. The second-order valence-electron chi connectivity index (χ2n) is 6.94. The average molecular weight is 332 g/mol. The lowest BCUT2D eigenvalue weighted by atomic mass is 9.73. The number of piperidine rings is 1. The Bertz CT molecular complexity index is 737. The first-order chi connectivity index (χ1) is 11.5. The number of rotatable bonds is 4. The number of nitrogens with zero attached hydrogens (tertiary/aromatic N) is 2. The van der Waals surface area contributed by atoms with Crippen LogP contribution in [0.2, 0.25) is 0 Å². The maximum absolute atomic E-state index is 13.5. The topological polar surface area (TPSA) is 56.6 Å². The van der Waals surface area contributed by atoms with Gasteiger partial charge in [-0.25, -0.2) is 9.37 Å². The molecule has 24 heavy (non-hydrogen) atoms. The van der Waals surface area contributed by atoms with Gasteiger partial charge in [0.25, 0.3) is 0 Å². The molecule has 2 aromatic rings. The zero-order valence-corrected chi connectivity index (χ0v) is 14.3. The molecule has 5 heteroatoms. The number of aliphatic hydroxyl groups is 2. The molecule has 0 saturated carbocycles. The lowest BCUT2D eigenvalue weighted by molar-refractivity contribution is -0.0372. The molecular formula is C19H25FN2O2. The average Bonchev–Trinajstić information content (AvgIpc) is 2.56. The third-order valence-corrected chi connectivity index (χ3v) is 5.33. The molecule has 1 saturated heterocycles. The predicted molar refractivity (Wildman–Crippen MR) is 93.7 cm³/mol. The molecule has 1 fully saturated rings. The fourth-order valence-corrected chi connectivity index (χ4v) is 3.80. The van der Waals surface area contributed by atoms with Crippen molar-refractivity contribution in [3.63, 3.8) is 0 Å². The molecule has 0 radical (unpaired) electrons. The summed E-state index contributed by atoms with van der Waals surface area (Å²) in [4.78, 5) is 6.62. The Morgan fingerprint density at radius 3 is 2.83 bits per heavy atom. The Hall–Kier alpha value is -1.72. The Morgan fingerprint density at radius 1 is 1.38 bits per heavy atom. The van der Waals surface area contributed by atoms with Gasteiger partial charge in [-0.2, -0.15) is 0 Å². The summed E-state index contributed by atoms with van der Waals surface area (Å²) in [5.41, 5.74) is 1.26. The molecule has 2 heterocycles. The first-order valence-electron chi connectivity index (χ1n) is 8.60. The summed E-state index contributed by atoms with van der Waals surface area (Å²) in [5, 5.41) is 21.3. The quantitative estimate of drug-likeness (QED) is 0.904. The molecule has 0 amide bonds. The number of benzene rings is 1.